The Kier molecular flexibility index (Phi) is 4.15. The van der Waals surface area contributed by atoms with Gasteiger partial charge >= 0.3 is 6.03 Å². The highest BCUT2D eigenvalue weighted by molar-refractivity contribution is 5.83. The molecular formula is C22H28N6O. The number of aromatic amines is 2. The number of nitrogens with one attached hydrogen (secondary N) is 3. The lowest BCUT2D eigenvalue weighted by atomic mass is 9.98. The average Bonchev–Trinajstić information content (AvgIpc) is 3.44. The predicted molar refractivity (Wildman–Crippen MR) is 111 cm³/mol. The maximum absolute atomic E-state index is 13.0. The number of carbonyl (C=O) groups excluding carboxylic acids is 1. The summed E-state index contributed by atoms with van der Waals surface area (Å²) in [5, 5.41) is 13.2. The van der Waals surface area contributed by atoms with Crippen molar-refractivity contribution in [2.24, 2.45) is 5.92 Å². The monoisotopic (exact) mass is 392 g/mol. The number of para-hydroxylation sites is 1. The van der Waals surface area contributed by atoms with E-state index in [-0.39, 0.29) is 17.6 Å². The second kappa shape index (κ2) is 6.61. The number of amides is 2. The number of hydrogen-bond donors (Lipinski definition) is 3. The Morgan fingerprint density at radius 3 is 2.90 bits per heavy atom. The zero-order valence-electron chi connectivity index (χ0n) is 17.2. The molecule has 1 saturated heterocycles. The van der Waals surface area contributed by atoms with Crippen molar-refractivity contribution in [3.63, 3.8) is 0 Å². The summed E-state index contributed by atoms with van der Waals surface area (Å²) in [5.74, 6) is 2.11. The maximum Gasteiger partial charge on any atom is 0.318 e. The van der Waals surface area contributed by atoms with Gasteiger partial charge < -0.3 is 20.2 Å². The van der Waals surface area contributed by atoms with Gasteiger partial charge in [-0.15, -0.1) is 10.2 Å². The molecule has 7 heteroatoms. The molecule has 3 atom stereocenters. The second-order valence-electron chi connectivity index (χ2n) is 9.45. The van der Waals surface area contributed by atoms with Crippen LogP contribution in [0, 0.1) is 5.92 Å². The third kappa shape index (κ3) is 3.28. The number of piperidine rings is 1. The Morgan fingerprint density at radius 2 is 2.07 bits per heavy atom. The van der Waals surface area contributed by atoms with Crippen LogP contribution in [-0.2, 0) is 6.42 Å². The van der Waals surface area contributed by atoms with Crippen LogP contribution in [0.3, 0.4) is 0 Å². The number of nitrogens with zero attached hydrogens (tertiary/aromatic N) is 3. The summed E-state index contributed by atoms with van der Waals surface area (Å²) < 4.78 is 0. The Hall–Kier alpha value is -2.83. The van der Waals surface area contributed by atoms with E-state index in [4.69, 9.17) is 0 Å². The Bertz CT molecular complexity index is 1040. The number of rotatable bonds is 3. The van der Waals surface area contributed by atoms with Crippen molar-refractivity contribution in [2.45, 2.75) is 64.1 Å². The topological polar surface area (TPSA) is 89.7 Å². The molecule has 3 heterocycles. The number of urea groups is 1. The summed E-state index contributed by atoms with van der Waals surface area (Å²) in [7, 11) is 0. The molecule has 1 aromatic carbocycles. The molecule has 2 aliphatic rings. The highest BCUT2D eigenvalue weighted by atomic mass is 16.2. The summed E-state index contributed by atoms with van der Waals surface area (Å²) >= 11 is 0. The minimum absolute atomic E-state index is 0.00396. The number of aromatic nitrogens is 4. The third-order valence-electron chi connectivity index (χ3n) is 6.17. The first-order valence-corrected chi connectivity index (χ1v) is 10.5. The summed E-state index contributed by atoms with van der Waals surface area (Å²) in [6, 6.07) is 8.56. The molecule has 1 saturated carbocycles. The van der Waals surface area contributed by atoms with Crippen molar-refractivity contribution in [3.8, 4) is 0 Å². The highest BCUT2D eigenvalue weighted by Crippen LogP contribution is 2.49. The number of H-pyrrole nitrogens is 2. The van der Waals surface area contributed by atoms with Crippen molar-refractivity contribution in [1.29, 1.82) is 0 Å². The van der Waals surface area contributed by atoms with E-state index < -0.39 is 0 Å². The van der Waals surface area contributed by atoms with Crippen molar-refractivity contribution in [2.75, 3.05) is 0 Å². The maximum atomic E-state index is 13.0. The molecular weight excluding hydrogens is 364 g/mol. The van der Waals surface area contributed by atoms with E-state index >= 15 is 0 Å². The average molecular weight is 393 g/mol. The fourth-order valence-corrected chi connectivity index (χ4v) is 5.00. The van der Waals surface area contributed by atoms with Crippen LogP contribution in [-0.4, -0.2) is 42.7 Å². The number of likely N-dealkylation sites (tertiary alicyclic amines) is 1. The van der Waals surface area contributed by atoms with Gasteiger partial charge in [-0.25, -0.2) is 4.79 Å². The molecule has 2 amide bonds. The van der Waals surface area contributed by atoms with Gasteiger partial charge in [0.1, 0.15) is 5.82 Å². The molecule has 2 aromatic heterocycles. The molecule has 1 aliphatic carbocycles. The molecule has 3 N–H and O–H groups in total. The molecule has 1 aliphatic heterocycles. The molecule has 5 rings (SSSR count). The standard InChI is InChI=1S/C22H28N6O/c1-22(2,3)25-21(29)28-15-9-8-13(10-15)19(28)20-24-18(26-27-20)11-14-12-23-17-7-5-4-6-16(14)17/h4-7,12-13,15,19,23H,8-11H2,1-3H3,(H,25,29)(H,24,26,27)/t13-,15+,19-/m0/s1. The van der Waals surface area contributed by atoms with E-state index in [9.17, 15) is 4.79 Å². The van der Waals surface area contributed by atoms with E-state index in [2.05, 4.69) is 37.6 Å². The number of hydrogen-bond acceptors (Lipinski definition) is 3. The lowest BCUT2D eigenvalue weighted by molar-refractivity contribution is 0.136. The molecule has 0 spiro atoms. The zero-order valence-corrected chi connectivity index (χ0v) is 17.2. The largest absolute Gasteiger partial charge is 0.361 e. The first kappa shape index (κ1) is 18.2. The van der Waals surface area contributed by atoms with E-state index in [1.54, 1.807) is 0 Å². The van der Waals surface area contributed by atoms with Crippen molar-refractivity contribution in [1.82, 2.24) is 30.4 Å². The van der Waals surface area contributed by atoms with E-state index in [1.807, 2.05) is 44.0 Å². The van der Waals surface area contributed by atoms with Crippen LogP contribution in [0.1, 0.15) is 63.3 Å². The van der Waals surface area contributed by atoms with Gasteiger partial charge in [-0.1, -0.05) is 18.2 Å². The van der Waals surface area contributed by atoms with Gasteiger partial charge in [-0.2, -0.15) is 0 Å². The molecule has 152 valence electrons. The van der Waals surface area contributed by atoms with Crippen LogP contribution in [0.25, 0.3) is 10.9 Å². The van der Waals surface area contributed by atoms with Gasteiger partial charge in [0.2, 0.25) is 0 Å². The van der Waals surface area contributed by atoms with Gasteiger partial charge in [0.05, 0.1) is 6.04 Å². The first-order valence-electron chi connectivity index (χ1n) is 10.5. The molecule has 0 unspecified atom stereocenters. The quantitative estimate of drug-likeness (QED) is 0.631. The number of carbonyl (C=O) groups is 1. The third-order valence-corrected chi connectivity index (χ3v) is 6.17. The SMILES string of the molecule is CC(C)(C)NC(=O)N1[C@@H]2CC[C@@H](C2)[C@H]1c1nnc(Cc2c[nH]c3ccccc23)[nH]1. The van der Waals surface area contributed by atoms with Crippen LogP contribution in [0.5, 0.6) is 0 Å². The second-order valence-corrected chi connectivity index (χ2v) is 9.45. The Labute approximate surface area is 170 Å². The van der Waals surface area contributed by atoms with Crippen molar-refractivity contribution in [3.05, 3.63) is 47.7 Å². The molecule has 2 fully saturated rings. The minimum atomic E-state index is -0.259. The highest BCUT2D eigenvalue weighted by Gasteiger charge is 2.50. The smallest absolute Gasteiger partial charge is 0.318 e. The van der Waals surface area contributed by atoms with Crippen molar-refractivity contribution < 1.29 is 4.79 Å². The summed E-state index contributed by atoms with van der Waals surface area (Å²) in [5.41, 5.74) is 2.06. The Balaban J connectivity index is 1.39. The molecule has 0 radical (unpaired) electrons. The van der Waals surface area contributed by atoms with Gasteiger partial charge in [-0.05, 0) is 57.6 Å². The fourth-order valence-electron chi connectivity index (χ4n) is 5.00. The molecule has 3 aromatic rings. The van der Waals surface area contributed by atoms with E-state index in [1.165, 1.54) is 10.9 Å². The van der Waals surface area contributed by atoms with E-state index in [0.29, 0.717) is 18.4 Å². The lowest BCUT2D eigenvalue weighted by Crippen LogP contribution is -2.51. The van der Waals surface area contributed by atoms with Crippen LogP contribution >= 0.6 is 0 Å². The fraction of sp³-hybridized carbons (Fsp3) is 0.500. The summed E-state index contributed by atoms with van der Waals surface area (Å²) in [6.07, 6.45) is 6.00. The summed E-state index contributed by atoms with van der Waals surface area (Å²) in [4.78, 5) is 21.7. The molecule has 29 heavy (non-hydrogen) atoms. The molecule has 2 bridgehead atoms. The number of benzene rings is 1. The van der Waals surface area contributed by atoms with Crippen molar-refractivity contribution >= 4 is 16.9 Å². The van der Waals surface area contributed by atoms with Gasteiger partial charge in [0, 0.05) is 35.1 Å². The minimum Gasteiger partial charge on any atom is -0.361 e. The van der Waals surface area contributed by atoms with Crippen LogP contribution in [0.4, 0.5) is 4.79 Å². The summed E-state index contributed by atoms with van der Waals surface area (Å²) in [6.45, 7) is 6.05. The molecule has 7 nitrogen and oxygen atoms in total. The van der Waals surface area contributed by atoms with Crippen LogP contribution < -0.4 is 5.32 Å². The normalized spacial score (nSPS) is 23.8. The Morgan fingerprint density at radius 1 is 1.24 bits per heavy atom. The van der Waals surface area contributed by atoms with Gasteiger partial charge in [0.15, 0.2) is 5.82 Å². The van der Waals surface area contributed by atoms with Gasteiger partial charge in [0.25, 0.3) is 0 Å². The van der Waals surface area contributed by atoms with Crippen LogP contribution in [0.2, 0.25) is 0 Å². The first-order chi connectivity index (χ1) is 13.9. The van der Waals surface area contributed by atoms with Gasteiger partial charge in [-0.3, -0.25) is 0 Å². The van der Waals surface area contributed by atoms with E-state index in [0.717, 1.165) is 36.4 Å². The zero-order chi connectivity index (χ0) is 20.2. The van der Waals surface area contributed by atoms with Crippen LogP contribution in [0.15, 0.2) is 30.5 Å². The number of fused-ring (bicyclic) bond motifs is 3. The predicted octanol–water partition coefficient (Wildman–Crippen LogP) is 3.91. The lowest BCUT2D eigenvalue weighted by Gasteiger charge is -2.36.